The van der Waals surface area contributed by atoms with Crippen molar-refractivity contribution in [2.75, 3.05) is 13.7 Å². The van der Waals surface area contributed by atoms with E-state index >= 15 is 0 Å². The molecule has 3 N–H and O–H groups in total. The first-order chi connectivity index (χ1) is 10.5. The van der Waals surface area contributed by atoms with Crippen LogP contribution in [0.4, 0.5) is 0 Å². The van der Waals surface area contributed by atoms with Gasteiger partial charge in [-0.2, -0.15) is 0 Å². The minimum absolute atomic E-state index is 0.0164. The van der Waals surface area contributed by atoms with Gasteiger partial charge in [0.25, 0.3) is 0 Å². The lowest BCUT2D eigenvalue weighted by Crippen LogP contribution is -2.46. The number of rotatable bonds is 9. The van der Waals surface area contributed by atoms with Gasteiger partial charge in [-0.05, 0) is 23.6 Å². The lowest BCUT2D eigenvalue weighted by atomic mass is 9.99. The molecule has 0 saturated carbocycles. The minimum Gasteiger partial charge on any atom is -0.497 e. The molecule has 0 fully saturated rings. The standard InChI is InChI=1S/C16H24N2O4/c1-4-11(2)15(16(20)21)18-10-14(19)17-9-12-5-7-13(22-3)8-6-12/h5-8,11,15,18H,4,9-10H2,1-3H3,(H,17,19)(H,20,21)/t11-,15-/m0/s1. The van der Waals surface area contributed by atoms with Gasteiger partial charge < -0.3 is 15.2 Å². The molecule has 1 aromatic rings. The Hall–Kier alpha value is -2.08. The fourth-order valence-electron chi connectivity index (χ4n) is 1.98. The van der Waals surface area contributed by atoms with Crippen molar-refractivity contribution in [1.82, 2.24) is 10.6 Å². The van der Waals surface area contributed by atoms with Crippen LogP contribution in [0.2, 0.25) is 0 Å². The van der Waals surface area contributed by atoms with Crippen molar-refractivity contribution in [3.63, 3.8) is 0 Å². The van der Waals surface area contributed by atoms with Crippen LogP contribution < -0.4 is 15.4 Å². The highest BCUT2D eigenvalue weighted by Gasteiger charge is 2.23. The van der Waals surface area contributed by atoms with E-state index in [9.17, 15) is 9.59 Å². The van der Waals surface area contributed by atoms with Crippen LogP contribution in [0.1, 0.15) is 25.8 Å². The van der Waals surface area contributed by atoms with Crippen molar-refractivity contribution in [2.45, 2.75) is 32.9 Å². The number of carbonyl (C=O) groups is 2. The molecule has 0 spiro atoms. The summed E-state index contributed by atoms with van der Waals surface area (Å²) in [6.45, 7) is 4.15. The third-order valence-electron chi connectivity index (χ3n) is 3.61. The zero-order valence-electron chi connectivity index (χ0n) is 13.3. The van der Waals surface area contributed by atoms with Crippen molar-refractivity contribution >= 4 is 11.9 Å². The summed E-state index contributed by atoms with van der Waals surface area (Å²) >= 11 is 0. The molecule has 1 rings (SSSR count). The Morgan fingerprint density at radius 2 is 1.91 bits per heavy atom. The number of nitrogens with one attached hydrogen (secondary N) is 2. The zero-order valence-corrected chi connectivity index (χ0v) is 13.3. The molecule has 0 aliphatic rings. The topological polar surface area (TPSA) is 87.7 Å². The molecule has 0 saturated heterocycles. The van der Waals surface area contributed by atoms with Crippen LogP contribution in [0.25, 0.3) is 0 Å². The first-order valence-corrected chi connectivity index (χ1v) is 7.33. The predicted molar refractivity (Wildman–Crippen MR) is 83.7 cm³/mol. The van der Waals surface area contributed by atoms with Crippen LogP contribution in [0, 0.1) is 5.92 Å². The summed E-state index contributed by atoms with van der Waals surface area (Å²) < 4.78 is 5.06. The van der Waals surface area contributed by atoms with Crippen LogP contribution in [0.5, 0.6) is 5.75 Å². The Morgan fingerprint density at radius 1 is 1.27 bits per heavy atom. The Labute approximate surface area is 130 Å². The second-order valence-electron chi connectivity index (χ2n) is 5.21. The van der Waals surface area contributed by atoms with E-state index in [1.165, 1.54) is 0 Å². The van der Waals surface area contributed by atoms with Gasteiger partial charge in [-0.3, -0.25) is 14.9 Å². The van der Waals surface area contributed by atoms with Crippen LogP contribution >= 0.6 is 0 Å². The third-order valence-corrected chi connectivity index (χ3v) is 3.61. The van der Waals surface area contributed by atoms with Crippen molar-refractivity contribution < 1.29 is 19.4 Å². The predicted octanol–water partition coefficient (Wildman–Crippen LogP) is 1.40. The first-order valence-electron chi connectivity index (χ1n) is 7.33. The van der Waals surface area contributed by atoms with Crippen molar-refractivity contribution in [3.05, 3.63) is 29.8 Å². The molecule has 0 bridgehead atoms. The molecule has 6 nitrogen and oxygen atoms in total. The molecule has 1 aromatic carbocycles. The van der Waals surface area contributed by atoms with E-state index in [0.29, 0.717) is 6.54 Å². The number of carbonyl (C=O) groups excluding carboxylic acids is 1. The largest absolute Gasteiger partial charge is 0.497 e. The molecular formula is C16H24N2O4. The van der Waals surface area contributed by atoms with E-state index in [2.05, 4.69) is 10.6 Å². The van der Waals surface area contributed by atoms with Crippen molar-refractivity contribution in [2.24, 2.45) is 5.92 Å². The van der Waals surface area contributed by atoms with Crippen molar-refractivity contribution in [3.8, 4) is 5.75 Å². The van der Waals surface area contributed by atoms with Gasteiger partial charge >= 0.3 is 5.97 Å². The van der Waals surface area contributed by atoms with Crippen LogP contribution in [0.15, 0.2) is 24.3 Å². The van der Waals surface area contributed by atoms with E-state index in [1.807, 2.05) is 38.1 Å². The number of ether oxygens (including phenoxy) is 1. The third kappa shape index (κ3) is 5.73. The average molecular weight is 308 g/mol. The molecular weight excluding hydrogens is 284 g/mol. The first kappa shape index (κ1) is 18.0. The van der Waals surface area contributed by atoms with Crippen molar-refractivity contribution in [1.29, 1.82) is 0 Å². The van der Waals surface area contributed by atoms with Gasteiger partial charge in [-0.1, -0.05) is 32.4 Å². The molecule has 6 heteroatoms. The number of hydrogen-bond acceptors (Lipinski definition) is 4. The lowest BCUT2D eigenvalue weighted by molar-refractivity contribution is -0.140. The van der Waals surface area contributed by atoms with Gasteiger partial charge in [0, 0.05) is 6.54 Å². The van der Waals surface area contributed by atoms with Gasteiger partial charge in [0.15, 0.2) is 0 Å². The van der Waals surface area contributed by atoms with Gasteiger partial charge in [0.2, 0.25) is 5.91 Å². The number of carboxylic acids is 1. The molecule has 22 heavy (non-hydrogen) atoms. The summed E-state index contributed by atoms with van der Waals surface area (Å²) in [5, 5.41) is 14.7. The molecule has 0 aromatic heterocycles. The summed E-state index contributed by atoms with van der Waals surface area (Å²) in [5.74, 6) is -0.441. The molecule has 122 valence electrons. The van der Waals surface area contributed by atoms with Gasteiger partial charge in [0.05, 0.1) is 13.7 Å². The number of hydrogen-bond donors (Lipinski definition) is 3. The number of aliphatic carboxylic acids is 1. The Bertz CT molecular complexity index is 487. The Kier molecular flexibility index (Phi) is 7.39. The summed E-state index contributed by atoms with van der Waals surface area (Å²) in [6, 6.07) is 6.67. The van der Waals surface area contributed by atoms with E-state index in [0.717, 1.165) is 17.7 Å². The van der Waals surface area contributed by atoms with Crippen LogP contribution in [-0.2, 0) is 16.1 Å². The summed E-state index contributed by atoms with van der Waals surface area (Å²) in [5.41, 5.74) is 0.950. The summed E-state index contributed by atoms with van der Waals surface area (Å²) in [7, 11) is 1.60. The monoisotopic (exact) mass is 308 g/mol. The number of amides is 1. The molecule has 2 atom stereocenters. The Morgan fingerprint density at radius 3 is 2.41 bits per heavy atom. The quantitative estimate of drug-likeness (QED) is 0.642. The zero-order chi connectivity index (χ0) is 16.5. The van der Waals surface area contributed by atoms with Crippen LogP contribution in [-0.4, -0.2) is 36.7 Å². The highest BCUT2D eigenvalue weighted by Crippen LogP contribution is 2.11. The molecule has 1 amide bonds. The molecule has 0 aliphatic carbocycles. The normalized spacial score (nSPS) is 13.2. The second kappa shape index (κ2) is 9.04. The molecule has 0 radical (unpaired) electrons. The van der Waals surface area contributed by atoms with Gasteiger partial charge in [-0.15, -0.1) is 0 Å². The summed E-state index contributed by atoms with van der Waals surface area (Å²) in [6.07, 6.45) is 0.734. The van der Waals surface area contributed by atoms with E-state index in [-0.39, 0.29) is 18.4 Å². The lowest BCUT2D eigenvalue weighted by Gasteiger charge is -2.19. The molecule has 0 aliphatic heterocycles. The van der Waals surface area contributed by atoms with Gasteiger partial charge in [-0.25, -0.2) is 0 Å². The van der Waals surface area contributed by atoms with E-state index < -0.39 is 12.0 Å². The highest BCUT2D eigenvalue weighted by molar-refractivity contribution is 5.80. The Balaban J connectivity index is 2.40. The second-order valence-corrected chi connectivity index (χ2v) is 5.21. The highest BCUT2D eigenvalue weighted by atomic mass is 16.5. The van der Waals surface area contributed by atoms with E-state index in [1.54, 1.807) is 7.11 Å². The average Bonchev–Trinajstić information content (AvgIpc) is 2.52. The van der Waals surface area contributed by atoms with Gasteiger partial charge in [0.1, 0.15) is 11.8 Å². The number of carboxylic acid groups (broad SMARTS) is 1. The summed E-state index contributed by atoms with van der Waals surface area (Å²) in [4.78, 5) is 22.9. The number of benzene rings is 1. The molecule has 0 unspecified atom stereocenters. The smallest absolute Gasteiger partial charge is 0.320 e. The van der Waals surface area contributed by atoms with Crippen LogP contribution in [0.3, 0.4) is 0 Å². The minimum atomic E-state index is -0.933. The number of methoxy groups -OCH3 is 1. The fraction of sp³-hybridized carbons (Fsp3) is 0.500. The SMILES string of the molecule is CC[C@H](C)[C@H](NCC(=O)NCc1ccc(OC)cc1)C(=O)O. The molecule has 0 heterocycles. The fourth-order valence-corrected chi connectivity index (χ4v) is 1.98. The van der Waals surface area contributed by atoms with E-state index in [4.69, 9.17) is 9.84 Å². The maximum atomic E-state index is 11.8. The maximum absolute atomic E-state index is 11.8. The maximum Gasteiger partial charge on any atom is 0.320 e.